The molecule has 0 aliphatic rings. The first-order valence-corrected chi connectivity index (χ1v) is 7.07. The van der Waals surface area contributed by atoms with Gasteiger partial charge >= 0.3 is 0 Å². The van der Waals surface area contributed by atoms with Crippen LogP contribution in [0.15, 0.2) is 42.5 Å². The van der Waals surface area contributed by atoms with Crippen molar-refractivity contribution in [3.63, 3.8) is 0 Å². The van der Waals surface area contributed by atoms with Crippen LogP contribution in [0.1, 0.15) is 20.8 Å². The first-order chi connectivity index (χ1) is 9.29. The lowest BCUT2D eigenvalue weighted by atomic mass is 10.0. The molecule has 0 fully saturated rings. The Morgan fingerprint density at radius 1 is 0.900 bits per heavy atom. The molecule has 1 radical (unpaired) electrons. The first-order valence-electron chi connectivity index (χ1n) is 6.32. The molecule has 2 rings (SSSR count). The molecule has 0 bridgehead atoms. The number of rotatable bonds is 2. The van der Waals surface area contributed by atoms with Crippen LogP contribution in [0.4, 0.5) is 5.69 Å². The van der Waals surface area contributed by atoms with Crippen LogP contribution in [-0.4, -0.2) is 5.54 Å². The van der Waals surface area contributed by atoms with Gasteiger partial charge in [-0.15, -0.1) is 0 Å². The highest BCUT2D eigenvalue weighted by Gasteiger charge is 2.24. The fourth-order valence-corrected chi connectivity index (χ4v) is 2.21. The summed E-state index contributed by atoms with van der Waals surface area (Å²) in [6.45, 7) is 5.63. The van der Waals surface area contributed by atoms with Gasteiger partial charge in [-0.05, 0) is 56.7 Å². The van der Waals surface area contributed by atoms with Crippen molar-refractivity contribution in [3.8, 4) is 11.1 Å². The maximum Gasteiger partial charge on any atom is 0.0753 e. The molecule has 2 aromatic rings. The van der Waals surface area contributed by atoms with E-state index < -0.39 is 5.54 Å². The number of hydrogen-bond acceptors (Lipinski definition) is 1. The minimum absolute atomic E-state index is 0.519. The van der Waals surface area contributed by atoms with Gasteiger partial charge in [-0.2, -0.15) is 0 Å². The van der Waals surface area contributed by atoms with Gasteiger partial charge in [0.15, 0.2) is 0 Å². The minimum atomic E-state index is -0.519. The number of nitrogens with zero attached hydrogens (tertiary/aromatic N) is 1. The molecule has 0 aromatic heterocycles. The van der Waals surface area contributed by atoms with E-state index in [-0.39, 0.29) is 0 Å². The normalized spacial score (nSPS) is 11.5. The van der Waals surface area contributed by atoms with Crippen LogP contribution in [0.25, 0.3) is 11.1 Å². The van der Waals surface area contributed by atoms with Crippen molar-refractivity contribution in [3.05, 3.63) is 52.5 Å². The van der Waals surface area contributed by atoms with Gasteiger partial charge in [0.05, 0.1) is 11.2 Å². The largest absolute Gasteiger partial charge is 0.215 e. The van der Waals surface area contributed by atoms with Crippen LogP contribution in [0.3, 0.4) is 0 Å². The lowest BCUT2D eigenvalue weighted by Crippen LogP contribution is -2.37. The molecule has 4 heteroatoms. The van der Waals surface area contributed by atoms with E-state index in [1.807, 2.05) is 32.9 Å². The van der Waals surface area contributed by atoms with Crippen LogP contribution in [0.2, 0.25) is 10.0 Å². The molecule has 0 saturated carbocycles. The third-order valence-electron chi connectivity index (χ3n) is 2.94. The third-order valence-corrected chi connectivity index (χ3v) is 3.43. The smallest absolute Gasteiger partial charge is 0.0753 e. The number of hydroxylamine groups is 1. The third kappa shape index (κ3) is 3.26. The molecule has 0 atom stereocenters. The number of benzene rings is 2. The predicted molar refractivity (Wildman–Crippen MR) is 84.8 cm³/mol. The van der Waals surface area contributed by atoms with Crippen molar-refractivity contribution < 1.29 is 5.21 Å². The molecule has 0 spiro atoms. The molecular weight excluding hydrogens is 293 g/mol. The van der Waals surface area contributed by atoms with Gasteiger partial charge in [-0.25, -0.2) is 5.06 Å². The standard InChI is InChI=1S/C16H16Cl2NO/c1-16(2,3)19(20)15-9-8-13(18)10-14(15)11-4-6-12(17)7-5-11/h4-10H,1-3H3. The van der Waals surface area contributed by atoms with Crippen molar-refractivity contribution in [2.75, 3.05) is 5.06 Å². The van der Waals surface area contributed by atoms with Crippen LogP contribution >= 0.6 is 23.2 Å². The average Bonchev–Trinajstić information content (AvgIpc) is 2.37. The second-order valence-corrected chi connectivity index (χ2v) is 6.51. The Morgan fingerprint density at radius 2 is 1.45 bits per heavy atom. The van der Waals surface area contributed by atoms with Gasteiger partial charge in [0.2, 0.25) is 0 Å². The number of hydrogen-bond donors (Lipinski definition) is 0. The van der Waals surface area contributed by atoms with Crippen molar-refractivity contribution in [2.45, 2.75) is 26.3 Å². The second kappa shape index (κ2) is 5.65. The molecule has 0 N–H and O–H groups in total. The summed E-state index contributed by atoms with van der Waals surface area (Å²) in [7, 11) is 0. The van der Waals surface area contributed by atoms with E-state index in [2.05, 4.69) is 0 Å². The molecule has 0 unspecified atom stereocenters. The van der Waals surface area contributed by atoms with Crippen molar-refractivity contribution in [1.82, 2.24) is 0 Å². The zero-order valence-electron chi connectivity index (χ0n) is 11.7. The molecule has 20 heavy (non-hydrogen) atoms. The molecule has 2 nitrogen and oxygen atoms in total. The monoisotopic (exact) mass is 308 g/mol. The summed E-state index contributed by atoms with van der Waals surface area (Å²) < 4.78 is 0. The minimum Gasteiger partial charge on any atom is -0.215 e. The Bertz CT molecular complexity index is 603. The summed E-state index contributed by atoms with van der Waals surface area (Å²) in [5, 5.41) is 14.8. The average molecular weight is 309 g/mol. The Hall–Kier alpha value is -1.22. The zero-order valence-corrected chi connectivity index (χ0v) is 13.2. The quantitative estimate of drug-likeness (QED) is 0.661. The number of anilines is 1. The fourth-order valence-electron chi connectivity index (χ4n) is 1.91. The molecular formula is C16H16Cl2NO. The lowest BCUT2D eigenvalue weighted by Gasteiger charge is -2.30. The van der Waals surface area contributed by atoms with E-state index in [0.29, 0.717) is 15.7 Å². The van der Waals surface area contributed by atoms with Crippen LogP contribution in [-0.2, 0) is 5.21 Å². The van der Waals surface area contributed by atoms with E-state index in [4.69, 9.17) is 23.2 Å². The Kier molecular flexibility index (Phi) is 4.28. The molecule has 105 valence electrons. The van der Waals surface area contributed by atoms with Crippen LogP contribution in [0, 0.1) is 0 Å². The van der Waals surface area contributed by atoms with Gasteiger partial charge in [-0.3, -0.25) is 0 Å². The predicted octanol–water partition coefficient (Wildman–Crippen LogP) is 5.61. The van der Waals surface area contributed by atoms with Crippen molar-refractivity contribution >= 4 is 28.9 Å². The SMILES string of the molecule is CC(C)(C)N([O])c1ccc(Cl)cc1-c1ccc(Cl)cc1. The van der Waals surface area contributed by atoms with Gasteiger partial charge in [0.1, 0.15) is 0 Å². The Morgan fingerprint density at radius 3 is 2.00 bits per heavy atom. The zero-order chi connectivity index (χ0) is 14.9. The van der Waals surface area contributed by atoms with Crippen molar-refractivity contribution in [2.24, 2.45) is 0 Å². The van der Waals surface area contributed by atoms with Gasteiger partial charge < -0.3 is 0 Å². The highest BCUT2D eigenvalue weighted by atomic mass is 35.5. The van der Waals surface area contributed by atoms with E-state index in [1.165, 1.54) is 0 Å². The summed E-state index contributed by atoms with van der Waals surface area (Å²) in [6, 6.07) is 12.7. The van der Waals surface area contributed by atoms with Gasteiger partial charge in [0, 0.05) is 15.6 Å². The van der Waals surface area contributed by atoms with Crippen molar-refractivity contribution in [1.29, 1.82) is 0 Å². The molecule has 2 aromatic carbocycles. The first kappa shape index (κ1) is 15.2. The summed E-state index contributed by atoms with van der Waals surface area (Å²) in [6.07, 6.45) is 0. The molecule has 0 amide bonds. The maximum atomic E-state index is 12.5. The van der Waals surface area contributed by atoms with Crippen LogP contribution in [0.5, 0.6) is 0 Å². The Balaban J connectivity index is 2.57. The highest BCUT2D eigenvalue weighted by molar-refractivity contribution is 6.31. The summed E-state index contributed by atoms with van der Waals surface area (Å²) >= 11 is 12.0. The summed E-state index contributed by atoms with van der Waals surface area (Å²) in [5.74, 6) is 0. The lowest BCUT2D eigenvalue weighted by molar-refractivity contribution is 0.102. The van der Waals surface area contributed by atoms with Gasteiger partial charge in [-0.1, -0.05) is 40.5 Å². The van der Waals surface area contributed by atoms with E-state index in [1.54, 1.807) is 30.3 Å². The maximum absolute atomic E-state index is 12.5. The Labute approximate surface area is 129 Å². The summed E-state index contributed by atoms with van der Waals surface area (Å²) in [5.41, 5.74) is 1.80. The van der Waals surface area contributed by atoms with Crippen LogP contribution < -0.4 is 5.06 Å². The van der Waals surface area contributed by atoms with E-state index >= 15 is 0 Å². The fraction of sp³-hybridized carbons (Fsp3) is 0.250. The van der Waals surface area contributed by atoms with E-state index in [0.717, 1.165) is 16.2 Å². The molecule has 0 aliphatic heterocycles. The highest BCUT2D eigenvalue weighted by Crippen LogP contribution is 2.36. The molecule has 0 saturated heterocycles. The summed E-state index contributed by atoms with van der Waals surface area (Å²) in [4.78, 5) is 0. The van der Waals surface area contributed by atoms with E-state index in [9.17, 15) is 5.21 Å². The molecule has 0 heterocycles. The van der Waals surface area contributed by atoms with Gasteiger partial charge in [0.25, 0.3) is 0 Å². The topological polar surface area (TPSA) is 23.1 Å². The second-order valence-electron chi connectivity index (χ2n) is 5.63. The number of halogens is 2. The molecule has 0 aliphatic carbocycles.